The molecule has 28 heavy (non-hydrogen) atoms. The van der Waals surface area contributed by atoms with Crippen molar-refractivity contribution in [1.29, 1.82) is 0 Å². The standard InChI is InChI=1S/C21H18N4O2S/c26-18(11-12-19-23-20(24-27-19)17-9-5-2-6-10-17)22-21-25(13-14-28-21)15-16-7-3-1-4-8-16/h1-10,13-14H,11-12,15H2. The third-order valence-corrected chi connectivity index (χ3v) is 4.92. The Labute approximate surface area is 165 Å². The summed E-state index contributed by atoms with van der Waals surface area (Å²) in [5, 5.41) is 5.90. The number of carbonyl (C=O) groups is 1. The van der Waals surface area contributed by atoms with Gasteiger partial charge in [0.15, 0.2) is 4.80 Å². The highest BCUT2D eigenvalue weighted by atomic mass is 32.1. The zero-order chi connectivity index (χ0) is 19.2. The van der Waals surface area contributed by atoms with E-state index in [1.165, 1.54) is 11.3 Å². The van der Waals surface area contributed by atoms with Gasteiger partial charge < -0.3 is 9.09 Å². The van der Waals surface area contributed by atoms with Crippen molar-refractivity contribution < 1.29 is 9.32 Å². The zero-order valence-electron chi connectivity index (χ0n) is 15.1. The van der Waals surface area contributed by atoms with E-state index in [1.54, 1.807) is 0 Å². The molecule has 2 heterocycles. The van der Waals surface area contributed by atoms with Crippen LogP contribution in [0.3, 0.4) is 0 Å². The fourth-order valence-electron chi connectivity index (χ4n) is 2.72. The van der Waals surface area contributed by atoms with E-state index in [4.69, 9.17) is 4.52 Å². The summed E-state index contributed by atoms with van der Waals surface area (Å²) in [6.45, 7) is 0.681. The Morgan fingerprint density at radius 2 is 1.82 bits per heavy atom. The monoisotopic (exact) mass is 390 g/mol. The van der Waals surface area contributed by atoms with E-state index in [0.717, 1.165) is 11.1 Å². The lowest BCUT2D eigenvalue weighted by Crippen LogP contribution is -2.17. The number of aryl methyl sites for hydroxylation is 1. The minimum Gasteiger partial charge on any atom is -0.339 e. The fourth-order valence-corrected chi connectivity index (χ4v) is 3.47. The van der Waals surface area contributed by atoms with Gasteiger partial charge in [-0.2, -0.15) is 9.98 Å². The molecule has 0 spiro atoms. The largest absolute Gasteiger partial charge is 0.339 e. The van der Waals surface area contributed by atoms with Gasteiger partial charge >= 0.3 is 0 Å². The average Bonchev–Trinajstić information content (AvgIpc) is 3.38. The van der Waals surface area contributed by atoms with E-state index >= 15 is 0 Å². The Kier molecular flexibility index (Phi) is 5.53. The number of hydrogen-bond acceptors (Lipinski definition) is 5. The minimum atomic E-state index is -0.205. The summed E-state index contributed by atoms with van der Waals surface area (Å²) < 4.78 is 7.22. The Bertz CT molecular complexity index is 1110. The van der Waals surface area contributed by atoms with Crippen LogP contribution in [0.5, 0.6) is 0 Å². The molecule has 4 aromatic rings. The predicted octanol–water partition coefficient (Wildman–Crippen LogP) is 3.71. The molecule has 0 aliphatic heterocycles. The Balaban J connectivity index is 1.40. The highest BCUT2D eigenvalue weighted by Gasteiger charge is 2.10. The molecular weight excluding hydrogens is 372 g/mol. The number of thiazole rings is 1. The molecule has 6 nitrogen and oxygen atoms in total. The van der Waals surface area contributed by atoms with Crippen LogP contribution in [0.2, 0.25) is 0 Å². The molecule has 0 saturated carbocycles. The lowest BCUT2D eigenvalue weighted by atomic mass is 10.2. The van der Waals surface area contributed by atoms with Crippen LogP contribution in [-0.4, -0.2) is 20.6 Å². The topological polar surface area (TPSA) is 73.3 Å². The predicted molar refractivity (Wildman–Crippen MR) is 106 cm³/mol. The van der Waals surface area contributed by atoms with Gasteiger partial charge in [0.05, 0.1) is 0 Å². The molecule has 7 heteroatoms. The number of rotatable bonds is 6. The quantitative estimate of drug-likeness (QED) is 0.503. The number of nitrogens with zero attached hydrogens (tertiary/aromatic N) is 4. The van der Waals surface area contributed by atoms with Crippen molar-refractivity contribution >= 4 is 17.2 Å². The molecule has 0 N–H and O–H groups in total. The first-order valence-electron chi connectivity index (χ1n) is 8.91. The number of carbonyl (C=O) groups excluding carboxylic acids is 1. The van der Waals surface area contributed by atoms with Crippen molar-refractivity contribution in [3.05, 3.63) is 88.5 Å². The fraction of sp³-hybridized carbons (Fsp3) is 0.143. The van der Waals surface area contributed by atoms with Crippen LogP contribution >= 0.6 is 11.3 Å². The van der Waals surface area contributed by atoms with Crippen LogP contribution in [0, 0.1) is 0 Å². The van der Waals surface area contributed by atoms with Gasteiger partial charge in [-0.3, -0.25) is 4.79 Å². The molecule has 140 valence electrons. The summed E-state index contributed by atoms with van der Waals surface area (Å²) in [6, 6.07) is 19.7. The normalized spacial score (nSPS) is 11.6. The van der Waals surface area contributed by atoms with E-state index in [0.29, 0.717) is 29.5 Å². The lowest BCUT2D eigenvalue weighted by Gasteiger charge is -2.02. The molecule has 2 aromatic heterocycles. The summed E-state index contributed by atoms with van der Waals surface area (Å²) in [5.41, 5.74) is 2.04. The van der Waals surface area contributed by atoms with Crippen molar-refractivity contribution in [2.24, 2.45) is 4.99 Å². The van der Waals surface area contributed by atoms with Crippen LogP contribution in [0.25, 0.3) is 11.4 Å². The summed E-state index contributed by atoms with van der Waals surface area (Å²) in [7, 11) is 0. The van der Waals surface area contributed by atoms with E-state index in [9.17, 15) is 4.79 Å². The summed E-state index contributed by atoms with van der Waals surface area (Å²) in [5.74, 6) is 0.758. The number of benzene rings is 2. The summed E-state index contributed by atoms with van der Waals surface area (Å²) >= 11 is 1.44. The van der Waals surface area contributed by atoms with E-state index in [2.05, 4.69) is 27.3 Å². The Morgan fingerprint density at radius 1 is 1.07 bits per heavy atom. The maximum Gasteiger partial charge on any atom is 0.248 e. The first kappa shape index (κ1) is 18.1. The van der Waals surface area contributed by atoms with Crippen LogP contribution in [0.4, 0.5) is 0 Å². The summed E-state index contributed by atoms with van der Waals surface area (Å²) in [6.07, 6.45) is 2.53. The molecule has 2 aromatic carbocycles. The molecule has 0 saturated heterocycles. The highest BCUT2D eigenvalue weighted by Crippen LogP contribution is 2.15. The van der Waals surface area contributed by atoms with Crippen LogP contribution in [-0.2, 0) is 17.8 Å². The third-order valence-electron chi connectivity index (χ3n) is 4.13. The average molecular weight is 390 g/mol. The van der Waals surface area contributed by atoms with Gasteiger partial charge in [-0.25, -0.2) is 0 Å². The molecule has 1 amide bonds. The molecule has 0 radical (unpaired) electrons. The number of hydrogen-bond donors (Lipinski definition) is 0. The zero-order valence-corrected chi connectivity index (χ0v) is 15.9. The second-order valence-corrected chi connectivity index (χ2v) is 7.06. The number of aromatic nitrogens is 3. The van der Waals surface area contributed by atoms with Gasteiger partial charge in [0.1, 0.15) is 0 Å². The van der Waals surface area contributed by atoms with E-state index in [1.807, 2.05) is 64.7 Å². The molecule has 0 fully saturated rings. The maximum atomic E-state index is 12.3. The van der Waals surface area contributed by atoms with Crippen molar-refractivity contribution in [1.82, 2.24) is 14.7 Å². The highest BCUT2D eigenvalue weighted by molar-refractivity contribution is 7.07. The number of amides is 1. The maximum absolute atomic E-state index is 12.3. The summed E-state index contributed by atoms with van der Waals surface area (Å²) in [4.78, 5) is 21.6. The second kappa shape index (κ2) is 8.58. The van der Waals surface area contributed by atoms with Crippen LogP contribution in [0.15, 0.2) is 81.8 Å². The molecule has 0 aliphatic carbocycles. The molecule has 0 atom stereocenters. The molecule has 0 bridgehead atoms. The SMILES string of the molecule is O=C(CCc1nc(-c2ccccc2)no1)N=c1sccn1Cc1ccccc1. The molecule has 0 aliphatic rings. The van der Waals surface area contributed by atoms with Gasteiger partial charge in [-0.15, -0.1) is 11.3 Å². The first-order valence-corrected chi connectivity index (χ1v) is 9.79. The smallest absolute Gasteiger partial charge is 0.248 e. The van der Waals surface area contributed by atoms with Crippen LogP contribution in [0.1, 0.15) is 17.9 Å². The van der Waals surface area contributed by atoms with Gasteiger partial charge in [-0.05, 0) is 5.56 Å². The van der Waals surface area contributed by atoms with Gasteiger partial charge in [-0.1, -0.05) is 65.8 Å². The van der Waals surface area contributed by atoms with E-state index in [-0.39, 0.29) is 12.3 Å². The van der Waals surface area contributed by atoms with E-state index < -0.39 is 0 Å². The Morgan fingerprint density at radius 3 is 2.61 bits per heavy atom. The van der Waals surface area contributed by atoms with Gasteiger partial charge in [0, 0.05) is 36.5 Å². The van der Waals surface area contributed by atoms with Gasteiger partial charge in [0.2, 0.25) is 17.6 Å². The van der Waals surface area contributed by atoms with Crippen molar-refractivity contribution in [2.45, 2.75) is 19.4 Å². The second-order valence-electron chi connectivity index (χ2n) is 6.18. The minimum absolute atomic E-state index is 0.205. The van der Waals surface area contributed by atoms with Crippen molar-refractivity contribution in [2.75, 3.05) is 0 Å². The Hall–Kier alpha value is -3.32. The van der Waals surface area contributed by atoms with Crippen molar-refractivity contribution in [3.63, 3.8) is 0 Å². The first-order chi connectivity index (χ1) is 13.8. The molecule has 0 unspecified atom stereocenters. The van der Waals surface area contributed by atoms with Crippen LogP contribution < -0.4 is 4.80 Å². The molecular formula is C21H18N4O2S. The third kappa shape index (κ3) is 4.50. The van der Waals surface area contributed by atoms with Gasteiger partial charge in [0.25, 0.3) is 0 Å². The van der Waals surface area contributed by atoms with Crippen molar-refractivity contribution in [3.8, 4) is 11.4 Å². The lowest BCUT2D eigenvalue weighted by molar-refractivity contribution is -0.118. The molecule has 4 rings (SSSR count).